The third-order valence-corrected chi connectivity index (χ3v) is 7.43. The second kappa shape index (κ2) is 11.5. The van der Waals surface area contributed by atoms with Crippen molar-refractivity contribution in [3.8, 4) is 11.5 Å². The molecule has 3 aromatic rings. The van der Waals surface area contributed by atoms with Gasteiger partial charge in [0.2, 0.25) is 0 Å². The van der Waals surface area contributed by atoms with Crippen molar-refractivity contribution in [1.82, 2.24) is 0 Å². The van der Waals surface area contributed by atoms with E-state index in [9.17, 15) is 9.90 Å². The minimum Gasteiger partial charge on any atom is -0.497 e. The fraction of sp³-hybridized carbons (Fsp3) is 0.276. The zero-order valence-electron chi connectivity index (χ0n) is 20.1. The second-order valence-electron chi connectivity index (χ2n) is 8.94. The lowest BCUT2D eigenvalue weighted by molar-refractivity contribution is -0.139. The normalized spacial score (nSPS) is 21.6. The molecule has 1 saturated heterocycles. The Morgan fingerprint density at radius 1 is 1.08 bits per heavy atom. The van der Waals surface area contributed by atoms with Crippen LogP contribution in [0.2, 0.25) is 5.02 Å². The minimum atomic E-state index is -1.04. The number of ether oxygens (including phenoxy) is 3. The molecule has 0 spiro atoms. The molecule has 0 unspecified atom stereocenters. The van der Waals surface area contributed by atoms with Crippen molar-refractivity contribution in [2.45, 2.75) is 31.5 Å². The number of hydrogen-bond donors (Lipinski definition) is 1. The highest BCUT2D eigenvalue weighted by Gasteiger charge is 2.41. The van der Waals surface area contributed by atoms with Crippen molar-refractivity contribution < 1.29 is 24.1 Å². The second-order valence-corrected chi connectivity index (χ2v) is 10.2. The number of methoxy groups -OCH3 is 1. The van der Waals surface area contributed by atoms with E-state index in [4.69, 9.17) is 25.8 Å². The summed E-state index contributed by atoms with van der Waals surface area (Å²) in [6.45, 7) is 5.83. The Balaban J connectivity index is 1.80. The van der Waals surface area contributed by atoms with E-state index in [-0.39, 0.29) is 24.0 Å². The van der Waals surface area contributed by atoms with Gasteiger partial charge < -0.3 is 19.3 Å². The molecule has 0 aromatic heterocycles. The van der Waals surface area contributed by atoms with E-state index < -0.39 is 12.6 Å². The molecule has 4 atom stereocenters. The molecule has 0 radical (unpaired) electrons. The van der Waals surface area contributed by atoms with Crippen LogP contribution in [0, 0.1) is 5.92 Å². The van der Waals surface area contributed by atoms with Gasteiger partial charge in [-0.2, -0.15) is 0 Å². The fourth-order valence-corrected chi connectivity index (χ4v) is 5.40. The number of benzene rings is 3. The molecule has 0 bridgehead atoms. The summed E-state index contributed by atoms with van der Waals surface area (Å²) >= 11 is 9.71. The lowest BCUT2D eigenvalue weighted by Gasteiger charge is -2.43. The molecule has 1 aliphatic rings. The maximum absolute atomic E-state index is 11.3. The Morgan fingerprint density at radius 2 is 1.75 bits per heavy atom. The van der Waals surface area contributed by atoms with Crippen LogP contribution in [-0.2, 0) is 9.53 Å². The van der Waals surface area contributed by atoms with Crippen LogP contribution in [0.3, 0.4) is 0 Å². The smallest absolute Gasteiger partial charge is 0.341 e. The highest BCUT2D eigenvalue weighted by atomic mass is 79.9. The molecule has 5 nitrogen and oxygen atoms in total. The quantitative estimate of drug-likeness (QED) is 0.280. The van der Waals surface area contributed by atoms with Crippen LogP contribution in [0.5, 0.6) is 11.5 Å². The topological polar surface area (TPSA) is 65.0 Å². The average molecular weight is 572 g/mol. The number of aliphatic carboxylic acids is 1. The SMILES string of the molecule is C=C(C)[C@H]1C[C@H](c2ccc(Cl)cc2)[C@H](c2ccc(OC)cc2)O[C@@H]1c1cccc(Br)c1OCC(=O)O. The first-order valence-electron chi connectivity index (χ1n) is 11.6. The standard InChI is InChI=1S/C29H28BrClO5/c1-17(2)23-15-24(18-7-11-20(31)12-8-18)27(19-9-13-21(34-3)14-10-19)36-28(23)22-5-4-6-25(30)29(22)35-16-26(32)33/h4-14,23-24,27-28H,1,15-16H2,2-3H3,(H,32,33)/t23-,24-,27+,28-/m1/s1. The lowest BCUT2D eigenvalue weighted by atomic mass is 9.74. The summed E-state index contributed by atoms with van der Waals surface area (Å²) in [4.78, 5) is 11.3. The highest BCUT2D eigenvalue weighted by molar-refractivity contribution is 9.10. The van der Waals surface area contributed by atoms with Crippen molar-refractivity contribution in [3.05, 3.63) is 105 Å². The molecule has 1 N–H and O–H groups in total. The average Bonchev–Trinajstić information content (AvgIpc) is 2.87. The fourth-order valence-electron chi connectivity index (χ4n) is 4.78. The number of carboxylic acids is 1. The van der Waals surface area contributed by atoms with Gasteiger partial charge in [-0.3, -0.25) is 0 Å². The summed E-state index contributed by atoms with van der Waals surface area (Å²) in [6, 6.07) is 21.4. The van der Waals surface area contributed by atoms with Crippen molar-refractivity contribution in [3.63, 3.8) is 0 Å². The Labute approximate surface area is 224 Å². The predicted molar refractivity (Wildman–Crippen MR) is 144 cm³/mol. The van der Waals surface area contributed by atoms with E-state index in [0.717, 1.165) is 34.4 Å². The third kappa shape index (κ3) is 5.77. The van der Waals surface area contributed by atoms with Gasteiger partial charge in [0.15, 0.2) is 6.61 Å². The zero-order chi connectivity index (χ0) is 25.8. The molecule has 0 saturated carbocycles. The number of carbonyl (C=O) groups is 1. The van der Waals surface area contributed by atoms with Gasteiger partial charge in [-0.05, 0) is 70.7 Å². The van der Waals surface area contributed by atoms with Crippen LogP contribution in [0.15, 0.2) is 83.4 Å². The van der Waals surface area contributed by atoms with Gasteiger partial charge in [0, 0.05) is 22.4 Å². The van der Waals surface area contributed by atoms with E-state index in [1.165, 1.54) is 0 Å². The number of carboxylic acid groups (broad SMARTS) is 1. The van der Waals surface area contributed by atoms with Crippen molar-refractivity contribution in [2.75, 3.05) is 13.7 Å². The molecule has 0 aliphatic carbocycles. The van der Waals surface area contributed by atoms with Crippen LogP contribution in [0.1, 0.15) is 48.2 Å². The Kier molecular flexibility index (Phi) is 8.39. The minimum absolute atomic E-state index is 0.0262. The molecular formula is C29H28BrClO5. The molecule has 7 heteroatoms. The molecule has 0 amide bonds. The maximum Gasteiger partial charge on any atom is 0.341 e. The van der Waals surface area contributed by atoms with Gasteiger partial charge in [0.05, 0.1) is 23.8 Å². The van der Waals surface area contributed by atoms with E-state index in [0.29, 0.717) is 15.2 Å². The largest absolute Gasteiger partial charge is 0.497 e. The van der Waals surface area contributed by atoms with E-state index >= 15 is 0 Å². The first-order valence-corrected chi connectivity index (χ1v) is 12.8. The molecule has 1 aliphatic heterocycles. The summed E-state index contributed by atoms with van der Waals surface area (Å²) in [5, 5.41) is 9.90. The summed E-state index contributed by atoms with van der Waals surface area (Å²) in [5.41, 5.74) is 3.91. The van der Waals surface area contributed by atoms with Gasteiger partial charge in [-0.1, -0.05) is 60.2 Å². The first-order chi connectivity index (χ1) is 17.3. The number of hydrogen-bond acceptors (Lipinski definition) is 4. The van der Waals surface area contributed by atoms with Gasteiger partial charge in [0.1, 0.15) is 11.5 Å². The van der Waals surface area contributed by atoms with E-state index in [2.05, 4.69) is 22.5 Å². The Bertz CT molecular complexity index is 1230. The van der Waals surface area contributed by atoms with Gasteiger partial charge in [-0.25, -0.2) is 4.79 Å². The molecular weight excluding hydrogens is 544 g/mol. The molecule has 1 fully saturated rings. The van der Waals surface area contributed by atoms with E-state index in [1.54, 1.807) is 7.11 Å². The summed E-state index contributed by atoms with van der Waals surface area (Å²) in [7, 11) is 1.64. The Morgan fingerprint density at radius 3 is 2.36 bits per heavy atom. The van der Waals surface area contributed by atoms with Crippen LogP contribution in [0.25, 0.3) is 0 Å². The predicted octanol–water partition coefficient (Wildman–Crippen LogP) is 7.75. The molecule has 3 aromatic carbocycles. The summed E-state index contributed by atoms with van der Waals surface area (Å²) < 4.78 is 18.7. The molecule has 4 rings (SSSR count). The lowest BCUT2D eigenvalue weighted by Crippen LogP contribution is -2.32. The number of rotatable bonds is 8. The number of para-hydroxylation sites is 1. The van der Waals surface area contributed by atoms with Crippen LogP contribution in [0.4, 0.5) is 0 Å². The zero-order valence-corrected chi connectivity index (χ0v) is 22.5. The third-order valence-electron chi connectivity index (χ3n) is 6.55. The van der Waals surface area contributed by atoms with Crippen molar-refractivity contribution in [2.24, 2.45) is 5.92 Å². The van der Waals surface area contributed by atoms with Crippen LogP contribution in [-0.4, -0.2) is 24.8 Å². The first kappa shape index (κ1) is 26.3. The summed E-state index contributed by atoms with van der Waals surface area (Å²) in [5.74, 6) is 0.210. The monoisotopic (exact) mass is 570 g/mol. The van der Waals surface area contributed by atoms with E-state index in [1.807, 2.05) is 73.7 Å². The van der Waals surface area contributed by atoms with Crippen LogP contribution < -0.4 is 9.47 Å². The van der Waals surface area contributed by atoms with Crippen LogP contribution >= 0.6 is 27.5 Å². The Hall–Kier alpha value is -2.80. The van der Waals surface area contributed by atoms with Gasteiger partial charge in [0.25, 0.3) is 0 Å². The highest BCUT2D eigenvalue weighted by Crippen LogP contribution is 2.53. The van der Waals surface area contributed by atoms with Crippen molar-refractivity contribution in [1.29, 1.82) is 0 Å². The molecule has 1 heterocycles. The molecule has 36 heavy (non-hydrogen) atoms. The van der Waals surface area contributed by atoms with Gasteiger partial charge in [-0.15, -0.1) is 0 Å². The van der Waals surface area contributed by atoms with Gasteiger partial charge >= 0.3 is 5.97 Å². The molecule has 188 valence electrons. The number of halogens is 2. The van der Waals surface area contributed by atoms with Crippen molar-refractivity contribution >= 4 is 33.5 Å². The maximum atomic E-state index is 11.3. The summed E-state index contributed by atoms with van der Waals surface area (Å²) in [6.07, 6.45) is 0.117.